The van der Waals surface area contributed by atoms with Gasteiger partial charge in [-0.25, -0.2) is 0 Å². The number of hydrogen-bond acceptors (Lipinski definition) is 3. The van der Waals surface area contributed by atoms with E-state index in [1.165, 1.54) is 0 Å². The van der Waals surface area contributed by atoms with Gasteiger partial charge < -0.3 is 15.2 Å². The highest BCUT2D eigenvalue weighted by atomic mass is 16.5. The molecule has 0 aromatic heterocycles. The molecule has 0 spiro atoms. The molecule has 2 bridgehead atoms. The van der Waals surface area contributed by atoms with Gasteiger partial charge in [0.05, 0.1) is 24.0 Å². The second kappa shape index (κ2) is 5.15. The average molecular weight is 289 g/mol. The number of aliphatic carboxylic acids is 1. The van der Waals surface area contributed by atoms with Gasteiger partial charge in [0, 0.05) is 5.69 Å². The van der Waals surface area contributed by atoms with Crippen LogP contribution in [0.1, 0.15) is 24.0 Å². The summed E-state index contributed by atoms with van der Waals surface area (Å²) >= 11 is 0. The van der Waals surface area contributed by atoms with Gasteiger partial charge in [-0.3, -0.25) is 9.59 Å². The topological polar surface area (TPSA) is 75.6 Å². The van der Waals surface area contributed by atoms with Crippen molar-refractivity contribution in [3.8, 4) is 0 Å². The highest BCUT2D eigenvalue weighted by molar-refractivity contribution is 5.96. The fourth-order valence-electron chi connectivity index (χ4n) is 3.43. The van der Waals surface area contributed by atoms with Gasteiger partial charge in [-0.1, -0.05) is 12.1 Å². The van der Waals surface area contributed by atoms with E-state index in [9.17, 15) is 14.7 Å². The highest BCUT2D eigenvalue weighted by Crippen LogP contribution is 2.44. The van der Waals surface area contributed by atoms with E-state index >= 15 is 0 Å². The van der Waals surface area contributed by atoms with E-state index in [2.05, 4.69) is 5.32 Å². The van der Waals surface area contributed by atoms with Crippen molar-refractivity contribution in [2.45, 2.75) is 38.9 Å². The van der Waals surface area contributed by atoms with Crippen molar-refractivity contribution < 1.29 is 19.4 Å². The lowest BCUT2D eigenvalue weighted by Crippen LogP contribution is -2.41. The van der Waals surface area contributed by atoms with Crippen molar-refractivity contribution in [1.29, 1.82) is 0 Å². The van der Waals surface area contributed by atoms with Gasteiger partial charge in [-0.15, -0.1) is 0 Å². The minimum atomic E-state index is -0.941. The van der Waals surface area contributed by atoms with Crippen LogP contribution in [0.5, 0.6) is 0 Å². The minimum absolute atomic E-state index is 0.247. The smallest absolute Gasteiger partial charge is 0.310 e. The molecular weight excluding hydrogens is 270 g/mol. The van der Waals surface area contributed by atoms with Crippen LogP contribution in [0, 0.1) is 25.7 Å². The predicted molar refractivity (Wildman–Crippen MR) is 77.1 cm³/mol. The fourth-order valence-corrected chi connectivity index (χ4v) is 3.43. The van der Waals surface area contributed by atoms with Gasteiger partial charge >= 0.3 is 5.97 Å². The van der Waals surface area contributed by atoms with Crippen LogP contribution in [0.15, 0.2) is 18.2 Å². The lowest BCUT2D eigenvalue weighted by molar-refractivity contribution is -0.147. The Hall–Kier alpha value is -1.88. The molecule has 5 nitrogen and oxygen atoms in total. The van der Waals surface area contributed by atoms with E-state index in [0.717, 1.165) is 29.7 Å². The standard InChI is InChI=1S/C16H19NO4/c1-8-4-3-5-10(9(8)2)17-15(18)13-11-6-7-12(21-11)14(13)16(19)20/h3-5,11-14H,6-7H2,1-2H3,(H,17,18)(H,19,20)/t11-,12+,13-,14+/m1/s1. The first kappa shape index (κ1) is 14.1. The van der Waals surface area contributed by atoms with Crippen LogP contribution in [0.2, 0.25) is 0 Å². The molecule has 0 aliphatic carbocycles. The average Bonchev–Trinajstić information content (AvgIpc) is 3.04. The summed E-state index contributed by atoms with van der Waals surface area (Å²) in [6.07, 6.45) is 0.914. The third-order valence-electron chi connectivity index (χ3n) is 4.72. The number of nitrogens with one attached hydrogen (secondary N) is 1. The largest absolute Gasteiger partial charge is 0.481 e. The summed E-state index contributed by atoms with van der Waals surface area (Å²) in [7, 11) is 0. The molecule has 21 heavy (non-hydrogen) atoms. The number of rotatable bonds is 3. The van der Waals surface area contributed by atoms with Gasteiger partial charge in [0.25, 0.3) is 0 Å². The second-order valence-corrected chi connectivity index (χ2v) is 5.92. The Morgan fingerprint density at radius 2 is 1.86 bits per heavy atom. The van der Waals surface area contributed by atoms with Gasteiger partial charge in [-0.05, 0) is 43.9 Å². The van der Waals surface area contributed by atoms with Crippen molar-refractivity contribution in [2.24, 2.45) is 11.8 Å². The molecular formula is C16H19NO4. The molecule has 0 saturated carbocycles. The Bertz CT molecular complexity index is 598. The Kier molecular flexibility index (Phi) is 3.45. The maximum absolute atomic E-state index is 12.5. The van der Waals surface area contributed by atoms with E-state index in [1.807, 2.05) is 32.0 Å². The van der Waals surface area contributed by atoms with Crippen LogP contribution in [-0.2, 0) is 14.3 Å². The summed E-state index contributed by atoms with van der Waals surface area (Å²) in [6.45, 7) is 3.92. The molecule has 1 amide bonds. The monoisotopic (exact) mass is 289 g/mol. The van der Waals surface area contributed by atoms with Crippen molar-refractivity contribution >= 4 is 17.6 Å². The number of ether oxygens (including phenoxy) is 1. The molecule has 2 fully saturated rings. The zero-order chi connectivity index (χ0) is 15.1. The molecule has 2 aliphatic rings. The Labute approximate surface area is 123 Å². The number of amides is 1. The SMILES string of the molecule is Cc1cccc(NC(=O)[C@H]2[C@@H](C(=O)O)[C@@H]3CC[C@H]2O3)c1C. The molecule has 5 heteroatoms. The molecule has 2 aliphatic heterocycles. The van der Waals surface area contributed by atoms with Crippen LogP contribution in [0.3, 0.4) is 0 Å². The van der Waals surface area contributed by atoms with Crippen LogP contribution >= 0.6 is 0 Å². The number of carboxylic acids is 1. The van der Waals surface area contributed by atoms with Crippen molar-refractivity contribution in [3.05, 3.63) is 29.3 Å². The first-order chi connectivity index (χ1) is 9.99. The fraction of sp³-hybridized carbons (Fsp3) is 0.500. The van der Waals surface area contributed by atoms with Crippen molar-refractivity contribution in [1.82, 2.24) is 0 Å². The summed E-state index contributed by atoms with van der Waals surface area (Å²) in [5.74, 6) is -2.51. The molecule has 112 valence electrons. The number of aryl methyl sites for hydroxylation is 1. The van der Waals surface area contributed by atoms with E-state index in [-0.39, 0.29) is 18.1 Å². The van der Waals surface area contributed by atoms with Gasteiger partial charge in [0.15, 0.2) is 0 Å². The lowest BCUT2D eigenvalue weighted by Gasteiger charge is -2.24. The first-order valence-electron chi connectivity index (χ1n) is 7.24. The number of carbonyl (C=O) groups excluding carboxylic acids is 1. The van der Waals surface area contributed by atoms with E-state index in [1.54, 1.807) is 0 Å². The number of benzene rings is 1. The molecule has 0 radical (unpaired) electrons. The first-order valence-corrected chi connectivity index (χ1v) is 7.24. The number of carboxylic acid groups (broad SMARTS) is 1. The molecule has 0 unspecified atom stereocenters. The number of hydrogen-bond donors (Lipinski definition) is 2. The quantitative estimate of drug-likeness (QED) is 0.893. The van der Waals surface area contributed by atoms with E-state index in [4.69, 9.17) is 4.74 Å². The summed E-state index contributed by atoms with van der Waals surface area (Å²) in [6, 6.07) is 5.69. The van der Waals surface area contributed by atoms with Crippen LogP contribution in [0.4, 0.5) is 5.69 Å². The van der Waals surface area contributed by atoms with Crippen molar-refractivity contribution in [2.75, 3.05) is 5.32 Å². The number of anilines is 1. The summed E-state index contributed by atoms with van der Waals surface area (Å²) < 4.78 is 5.63. The van der Waals surface area contributed by atoms with Crippen molar-refractivity contribution in [3.63, 3.8) is 0 Å². The van der Waals surface area contributed by atoms with Gasteiger partial charge in [0.2, 0.25) is 5.91 Å². The number of fused-ring (bicyclic) bond motifs is 2. The van der Waals surface area contributed by atoms with Gasteiger partial charge in [0.1, 0.15) is 0 Å². The predicted octanol–water partition coefficient (Wildman–Crippen LogP) is 2.12. The maximum Gasteiger partial charge on any atom is 0.310 e. The van der Waals surface area contributed by atoms with Crippen LogP contribution in [-0.4, -0.2) is 29.2 Å². The molecule has 1 aromatic carbocycles. The Balaban J connectivity index is 1.82. The maximum atomic E-state index is 12.5. The molecule has 1 aromatic rings. The molecule has 2 saturated heterocycles. The normalized spacial score (nSPS) is 30.4. The second-order valence-electron chi connectivity index (χ2n) is 5.92. The minimum Gasteiger partial charge on any atom is -0.481 e. The van der Waals surface area contributed by atoms with Gasteiger partial charge in [-0.2, -0.15) is 0 Å². The summed E-state index contributed by atoms with van der Waals surface area (Å²) in [5.41, 5.74) is 2.83. The molecule has 2 N–H and O–H groups in total. The third kappa shape index (κ3) is 2.31. The zero-order valence-electron chi connectivity index (χ0n) is 12.1. The third-order valence-corrected chi connectivity index (χ3v) is 4.72. The lowest BCUT2D eigenvalue weighted by atomic mass is 9.78. The Morgan fingerprint density at radius 1 is 1.19 bits per heavy atom. The number of carbonyl (C=O) groups is 2. The van der Waals surface area contributed by atoms with Crippen LogP contribution in [0.25, 0.3) is 0 Å². The summed E-state index contributed by atoms with van der Waals surface area (Å²) in [5, 5.41) is 12.2. The molecule has 2 heterocycles. The summed E-state index contributed by atoms with van der Waals surface area (Å²) in [4.78, 5) is 23.9. The molecule has 3 rings (SSSR count). The van der Waals surface area contributed by atoms with E-state index < -0.39 is 17.8 Å². The highest BCUT2D eigenvalue weighted by Gasteiger charge is 2.55. The van der Waals surface area contributed by atoms with E-state index in [0.29, 0.717) is 0 Å². The van der Waals surface area contributed by atoms with Crippen LogP contribution < -0.4 is 5.32 Å². The zero-order valence-corrected chi connectivity index (χ0v) is 12.1. The molecule has 4 atom stereocenters. The Morgan fingerprint density at radius 3 is 2.52 bits per heavy atom.